The van der Waals surface area contributed by atoms with Crippen LogP contribution in [0.25, 0.3) is 0 Å². The van der Waals surface area contributed by atoms with E-state index in [1.54, 1.807) is 12.1 Å². The summed E-state index contributed by atoms with van der Waals surface area (Å²) in [6.45, 7) is 2.02. The molecular weight excluding hydrogens is 454 g/mol. The SMILES string of the molecule is O=C1CC2(CCCC2)C(=O)N1CN1CCN(S(=O)(=O)c2ccc(Br)s2)CC1. The van der Waals surface area contributed by atoms with Gasteiger partial charge in [0.05, 0.1) is 15.9 Å². The highest BCUT2D eigenvalue weighted by molar-refractivity contribution is 9.11. The van der Waals surface area contributed by atoms with E-state index in [0.29, 0.717) is 36.8 Å². The Morgan fingerprint density at radius 3 is 2.33 bits per heavy atom. The molecule has 27 heavy (non-hydrogen) atoms. The number of rotatable bonds is 4. The van der Waals surface area contributed by atoms with Crippen LogP contribution in [-0.4, -0.2) is 67.2 Å². The second kappa shape index (κ2) is 7.22. The van der Waals surface area contributed by atoms with Crippen LogP contribution in [0.15, 0.2) is 20.1 Å². The minimum Gasteiger partial charge on any atom is -0.283 e. The van der Waals surface area contributed by atoms with Crippen LogP contribution in [0.4, 0.5) is 0 Å². The van der Waals surface area contributed by atoms with E-state index in [9.17, 15) is 18.0 Å². The Morgan fingerprint density at radius 1 is 1.07 bits per heavy atom. The third-order valence-electron chi connectivity index (χ3n) is 5.87. The van der Waals surface area contributed by atoms with Crippen molar-refractivity contribution in [1.29, 1.82) is 0 Å². The molecule has 7 nitrogen and oxygen atoms in total. The topological polar surface area (TPSA) is 78.0 Å². The Hall–Kier alpha value is -0.810. The molecule has 2 amide bonds. The monoisotopic (exact) mass is 475 g/mol. The van der Waals surface area contributed by atoms with Crippen molar-refractivity contribution < 1.29 is 18.0 Å². The molecule has 3 heterocycles. The van der Waals surface area contributed by atoms with Crippen molar-refractivity contribution in [3.8, 4) is 0 Å². The van der Waals surface area contributed by atoms with Gasteiger partial charge in [-0.15, -0.1) is 11.3 Å². The number of imide groups is 1. The summed E-state index contributed by atoms with van der Waals surface area (Å²) < 4.78 is 28.0. The van der Waals surface area contributed by atoms with Crippen LogP contribution in [-0.2, 0) is 19.6 Å². The number of halogens is 1. The van der Waals surface area contributed by atoms with Crippen molar-refractivity contribution >= 4 is 49.1 Å². The van der Waals surface area contributed by atoms with E-state index in [0.717, 1.165) is 29.5 Å². The van der Waals surface area contributed by atoms with Crippen LogP contribution in [0.3, 0.4) is 0 Å². The van der Waals surface area contributed by atoms with Gasteiger partial charge in [0.2, 0.25) is 11.8 Å². The van der Waals surface area contributed by atoms with Gasteiger partial charge in [0, 0.05) is 32.6 Å². The molecule has 0 atom stereocenters. The molecule has 0 aromatic carbocycles. The highest BCUT2D eigenvalue weighted by atomic mass is 79.9. The van der Waals surface area contributed by atoms with E-state index in [1.165, 1.54) is 20.5 Å². The summed E-state index contributed by atoms with van der Waals surface area (Å²) in [4.78, 5) is 28.6. The maximum absolute atomic E-state index is 12.8. The van der Waals surface area contributed by atoms with Gasteiger partial charge in [0.1, 0.15) is 4.21 Å². The number of sulfonamides is 1. The second-order valence-electron chi connectivity index (χ2n) is 7.51. The first-order valence-electron chi connectivity index (χ1n) is 9.14. The highest BCUT2D eigenvalue weighted by Crippen LogP contribution is 2.46. The Labute approximate surface area is 171 Å². The van der Waals surface area contributed by atoms with Crippen LogP contribution in [0.1, 0.15) is 32.1 Å². The largest absolute Gasteiger partial charge is 0.283 e. The summed E-state index contributed by atoms with van der Waals surface area (Å²) in [7, 11) is -3.48. The maximum atomic E-state index is 12.8. The summed E-state index contributed by atoms with van der Waals surface area (Å²) in [6, 6.07) is 3.34. The Morgan fingerprint density at radius 2 is 1.74 bits per heavy atom. The number of piperazine rings is 1. The van der Waals surface area contributed by atoms with Crippen LogP contribution in [0.2, 0.25) is 0 Å². The molecule has 1 aliphatic carbocycles. The van der Waals surface area contributed by atoms with Gasteiger partial charge in [-0.05, 0) is 40.9 Å². The predicted molar refractivity (Wildman–Crippen MR) is 105 cm³/mol. The molecule has 2 aliphatic heterocycles. The van der Waals surface area contributed by atoms with E-state index < -0.39 is 15.4 Å². The average Bonchev–Trinajstić information content (AvgIpc) is 3.34. The van der Waals surface area contributed by atoms with Gasteiger partial charge in [0.25, 0.3) is 10.0 Å². The van der Waals surface area contributed by atoms with Crippen molar-refractivity contribution in [2.75, 3.05) is 32.8 Å². The molecule has 1 aromatic rings. The summed E-state index contributed by atoms with van der Waals surface area (Å²) in [5, 5.41) is 0. The summed E-state index contributed by atoms with van der Waals surface area (Å²) in [6.07, 6.45) is 4.00. The lowest BCUT2D eigenvalue weighted by molar-refractivity contribution is -0.144. The van der Waals surface area contributed by atoms with E-state index in [1.807, 2.05) is 4.90 Å². The number of hydrogen-bond donors (Lipinski definition) is 0. The van der Waals surface area contributed by atoms with Crippen LogP contribution in [0.5, 0.6) is 0 Å². The Bertz CT molecular complexity index is 855. The molecule has 3 fully saturated rings. The number of nitrogens with zero attached hydrogens (tertiary/aromatic N) is 3. The van der Waals surface area contributed by atoms with Gasteiger partial charge < -0.3 is 0 Å². The molecule has 1 saturated carbocycles. The standard InChI is InChI=1S/C17H22BrN3O4S2/c18-13-3-4-15(26-13)27(24,25)20-9-7-19(8-10-20)12-21-14(22)11-17(16(21)23)5-1-2-6-17/h3-4H,1-2,5-12H2. The zero-order valence-electron chi connectivity index (χ0n) is 14.9. The van der Waals surface area contributed by atoms with E-state index in [-0.39, 0.29) is 18.5 Å². The first-order chi connectivity index (χ1) is 12.8. The van der Waals surface area contributed by atoms with Crippen molar-refractivity contribution in [3.05, 3.63) is 15.9 Å². The molecule has 1 aromatic heterocycles. The van der Waals surface area contributed by atoms with E-state index in [2.05, 4.69) is 15.9 Å². The molecular formula is C17H22BrN3O4S2. The molecule has 0 N–H and O–H groups in total. The number of thiophene rings is 1. The number of carbonyl (C=O) groups excluding carboxylic acids is 2. The molecule has 0 radical (unpaired) electrons. The van der Waals surface area contributed by atoms with Gasteiger partial charge in [-0.25, -0.2) is 8.42 Å². The lowest BCUT2D eigenvalue weighted by Crippen LogP contribution is -2.52. The molecule has 0 bridgehead atoms. The lowest BCUT2D eigenvalue weighted by Gasteiger charge is -2.35. The zero-order valence-corrected chi connectivity index (χ0v) is 18.1. The predicted octanol–water partition coefficient (Wildman–Crippen LogP) is 2.09. The molecule has 10 heteroatoms. The number of carbonyl (C=O) groups is 2. The molecule has 2 saturated heterocycles. The fourth-order valence-electron chi connectivity index (χ4n) is 4.32. The van der Waals surface area contributed by atoms with Gasteiger partial charge in [-0.3, -0.25) is 19.4 Å². The van der Waals surface area contributed by atoms with Gasteiger partial charge in [-0.2, -0.15) is 4.31 Å². The van der Waals surface area contributed by atoms with Crippen molar-refractivity contribution in [1.82, 2.24) is 14.1 Å². The van der Waals surface area contributed by atoms with Crippen molar-refractivity contribution in [2.24, 2.45) is 5.41 Å². The third-order valence-corrected chi connectivity index (χ3v) is 9.86. The second-order valence-corrected chi connectivity index (χ2v) is 12.1. The number of amides is 2. The number of likely N-dealkylation sites (tertiary alicyclic amines) is 1. The molecule has 148 valence electrons. The summed E-state index contributed by atoms with van der Waals surface area (Å²) >= 11 is 4.50. The fourth-order valence-corrected chi connectivity index (χ4v) is 7.91. The normalized spacial score (nSPS) is 24.4. The minimum atomic E-state index is -3.48. The van der Waals surface area contributed by atoms with Gasteiger partial charge >= 0.3 is 0 Å². The lowest BCUT2D eigenvalue weighted by atomic mass is 9.85. The molecule has 1 spiro atoms. The quantitative estimate of drug-likeness (QED) is 0.622. The van der Waals surface area contributed by atoms with Gasteiger partial charge in [0.15, 0.2) is 0 Å². The minimum absolute atomic E-state index is 0.0245. The summed E-state index contributed by atoms with van der Waals surface area (Å²) in [5.74, 6) is -0.108. The summed E-state index contributed by atoms with van der Waals surface area (Å²) in [5.41, 5.74) is -0.450. The molecule has 4 rings (SSSR count). The molecule has 3 aliphatic rings. The first-order valence-corrected chi connectivity index (χ1v) is 12.2. The van der Waals surface area contributed by atoms with E-state index >= 15 is 0 Å². The van der Waals surface area contributed by atoms with E-state index in [4.69, 9.17) is 0 Å². The Kier molecular flexibility index (Phi) is 5.21. The highest BCUT2D eigenvalue weighted by Gasteiger charge is 2.52. The Balaban J connectivity index is 1.37. The smallest absolute Gasteiger partial charge is 0.252 e. The van der Waals surface area contributed by atoms with Crippen LogP contribution >= 0.6 is 27.3 Å². The van der Waals surface area contributed by atoms with Gasteiger partial charge in [-0.1, -0.05) is 12.8 Å². The average molecular weight is 476 g/mol. The number of hydrogen-bond acceptors (Lipinski definition) is 6. The fraction of sp³-hybridized carbons (Fsp3) is 0.647. The van der Waals surface area contributed by atoms with Crippen LogP contribution < -0.4 is 0 Å². The van der Waals surface area contributed by atoms with Crippen molar-refractivity contribution in [3.63, 3.8) is 0 Å². The van der Waals surface area contributed by atoms with Crippen LogP contribution in [0, 0.1) is 5.41 Å². The third kappa shape index (κ3) is 3.50. The maximum Gasteiger partial charge on any atom is 0.252 e. The first kappa shape index (κ1) is 19.5. The molecule has 0 unspecified atom stereocenters. The van der Waals surface area contributed by atoms with Crippen molar-refractivity contribution in [2.45, 2.75) is 36.3 Å². The zero-order chi connectivity index (χ0) is 19.2.